The van der Waals surface area contributed by atoms with Gasteiger partial charge in [0, 0.05) is 12.8 Å². The van der Waals surface area contributed by atoms with Gasteiger partial charge in [0.15, 0.2) is 0 Å². The average Bonchev–Trinajstić information content (AvgIpc) is 2.61. The Balaban J connectivity index is 0. The molecule has 4 heteroatoms. The van der Waals surface area contributed by atoms with Gasteiger partial charge in [0.05, 0.1) is 6.04 Å². The second kappa shape index (κ2) is 12.3. The summed E-state index contributed by atoms with van der Waals surface area (Å²) in [6.07, 6.45) is 6.68. The number of carbonyl (C=O) groups excluding carboxylic acids is 1. The molecule has 0 saturated carbocycles. The lowest BCUT2D eigenvalue weighted by Crippen LogP contribution is -2.41. The molecule has 0 aliphatic carbocycles. The Labute approximate surface area is 130 Å². The van der Waals surface area contributed by atoms with E-state index in [1.807, 2.05) is 27.8 Å². The highest BCUT2D eigenvalue weighted by Crippen LogP contribution is 2.24. The highest BCUT2D eigenvalue weighted by atomic mass is 16.2. The third-order valence-electron chi connectivity index (χ3n) is 3.18. The lowest BCUT2D eigenvalue weighted by atomic mass is 9.88. The summed E-state index contributed by atoms with van der Waals surface area (Å²) in [4.78, 5) is 11.4. The van der Waals surface area contributed by atoms with Crippen LogP contribution in [0.3, 0.4) is 0 Å². The van der Waals surface area contributed by atoms with Crippen LogP contribution in [0.1, 0.15) is 47.5 Å². The Hall–Kier alpha value is -1.42. The minimum Gasteiger partial charge on any atom is -0.354 e. The first kappa shape index (κ1) is 21.9. The lowest BCUT2D eigenvalue weighted by molar-refractivity contribution is -0.122. The van der Waals surface area contributed by atoms with Crippen LogP contribution in [-0.4, -0.2) is 31.8 Å². The molecular weight excluding hydrogens is 262 g/mol. The summed E-state index contributed by atoms with van der Waals surface area (Å²) in [5.74, 6) is 0.142. The molecule has 122 valence electrons. The molecule has 1 unspecified atom stereocenters. The van der Waals surface area contributed by atoms with Gasteiger partial charge in [0.1, 0.15) is 0 Å². The fraction of sp³-hybridized carbons (Fsp3) is 0.647. The van der Waals surface area contributed by atoms with Crippen LogP contribution in [0.4, 0.5) is 0 Å². The van der Waals surface area contributed by atoms with Crippen molar-refractivity contribution in [2.24, 2.45) is 5.41 Å². The van der Waals surface area contributed by atoms with E-state index in [0.717, 1.165) is 25.0 Å². The monoisotopic (exact) mass is 295 g/mol. The van der Waals surface area contributed by atoms with E-state index in [2.05, 4.69) is 31.1 Å². The SMILES string of the molecule is C=C/C(C)=C\C=N.CC.CNC1CCC(C)(C)CNC1=O. The number of rotatable bonds is 3. The van der Waals surface area contributed by atoms with Crippen molar-refractivity contribution in [2.75, 3.05) is 13.6 Å². The Morgan fingerprint density at radius 2 is 2.05 bits per heavy atom. The lowest BCUT2D eigenvalue weighted by Gasteiger charge is -2.20. The predicted molar refractivity (Wildman–Crippen MR) is 93.0 cm³/mol. The number of allylic oxidation sites excluding steroid dienone is 3. The van der Waals surface area contributed by atoms with Gasteiger partial charge in [0.25, 0.3) is 0 Å². The Kier molecular flexibility index (Phi) is 12.8. The molecule has 1 rings (SSSR count). The van der Waals surface area contributed by atoms with E-state index in [-0.39, 0.29) is 17.4 Å². The van der Waals surface area contributed by atoms with Crippen molar-refractivity contribution in [2.45, 2.75) is 53.5 Å². The van der Waals surface area contributed by atoms with Crippen molar-refractivity contribution < 1.29 is 4.79 Å². The van der Waals surface area contributed by atoms with Crippen molar-refractivity contribution in [3.8, 4) is 0 Å². The fourth-order valence-electron chi connectivity index (χ4n) is 1.68. The predicted octanol–water partition coefficient (Wildman–Crippen LogP) is 3.31. The molecule has 0 aromatic rings. The molecule has 1 amide bonds. The van der Waals surface area contributed by atoms with Gasteiger partial charge in [-0.15, -0.1) is 0 Å². The van der Waals surface area contributed by atoms with Crippen LogP contribution in [0.25, 0.3) is 0 Å². The highest BCUT2D eigenvalue weighted by molar-refractivity contribution is 5.81. The van der Waals surface area contributed by atoms with Crippen LogP contribution in [-0.2, 0) is 4.79 Å². The van der Waals surface area contributed by atoms with E-state index in [1.165, 1.54) is 6.21 Å². The summed E-state index contributed by atoms with van der Waals surface area (Å²) in [6.45, 7) is 14.6. The summed E-state index contributed by atoms with van der Waals surface area (Å²) in [6, 6.07) is 0.00627. The van der Waals surface area contributed by atoms with Gasteiger partial charge in [-0.1, -0.05) is 45.9 Å². The number of amides is 1. The van der Waals surface area contributed by atoms with E-state index in [0.29, 0.717) is 0 Å². The number of hydrogen-bond acceptors (Lipinski definition) is 3. The molecule has 0 radical (unpaired) electrons. The maximum atomic E-state index is 11.4. The van der Waals surface area contributed by atoms with Gasteiger partial charge in [-0.05, 0) is 38.3 Å². The van der Waals surface area contributed by atoms with Gasteiger partial charge in [-0.2, -0.15) is 0 Å². The van der Waals surface area contributed by atoms with Gasteiger partial charge in [-0.25, -0.2) is 0 Å². The largest absolute Gasteiger partial charge is 0.354 e. The second-order valence-corrected chi connectivity index (χ2v) is 5.54. The third kappa shape index (κ3) is 11.0. The number of carbonyl (C=O) groups is 1. The molecule has 4 nitrogen and oxygen atoms in total. The van der Waals surface area contributed by atoms with E-state index in [9.17, 15) is 4.79 Å². The smallest absolute Gasteiger partial charge is 0.237 e. The van der Waals surface area contributed by atoms with E-state index >= 15 is 0 Å². The highest BCUT2D eigenvalue weighted by Gasteiger charge is 2.27. The summed E-state index contributed by atoms with van der Waals surface area (Å²) in [7, 11) is 1.84. The molecule has 1 aliphatic rings. The average molecular weight is 295 g/mol. The zero-order valence-corrected chi connectivity index (χ0v) is 14.5. The summed E-state index contributed by atoms with van der Waals surface area (Å²) < 4.78 is 0. The first-order valence-corrected chi connectivity index (χ1v) is 7.61. The molecule has 1 atom stereocenters. The van der Waals surface area contributed by atoms with Gasteiger partial charge >= 0.3 is 0 Å². The first-order chi connectivity index (χ1) is 9.86. The summed E-state index contributed by atoms with van der Waals surface area (Å²) in [5.41, 5.74) is 1.27. The summed E-state index contributed by atoms with van der Waals surface area (Å²) >= 11 is 0. The molecule has 21 heavy (non-hydrogen) atoms. The molecular formula is C17H33N3O. The van der Waals surface area contributed by atoms with Crippen molar-refractivity contribution in [1.29, 1.82) is 5.41 Å². The molecule has 0 aromatic heterocycles. The van der Waals surface area contributed by atoms with Crippen molar-refractivity contribution in [1.82, 2.24) is 10.6 Å². The second-order valence-electron chi connectivity index (χ2n) is 5.54. The minimum atomic E-state index is 0.00627. The number of hydrogen-bond donors (Lipinski definition) is 3. The van der Waals surface area contributed by atoms with Gasteiger partial charge < -0.3 is 16.0 Å². The Bertz CT molecular complexity index is 346. The Morgan fingerprint density at radius 1 is 1.48 bits per heavy atom. The van der Waals surface area contributed by atoms with Crippen LogP contribution in [0.15, 0.2) is 24.3 Å². The van der Waals surface area contributed by atoms with Crippen LogP contribution < -0.4 is 10.6 Å². The molecule has 1 aliphatic heterocycles. The summed E-state index contributed by atoms with van der Waals surface area (Å²) in [5, 5.41) is 12.5. The first-order valence-electron chi connectivity index (χ1n) is 7.61. The van der Waals surface area contributed by atoms with Crippen LogP contribution in [0, 0.1) is 10.8 Å². The quantitative estimate of drug-likeness (QED) is 0.552. The molecule has 0 bridgehead atoms. The van der Waals surface area contributed by atoms with E-state index in [4.69, 9.17) is 5.41 Å². The van der Waals surface area contributed by atoms with Crippen LogP contribution in [0.2, 0.25) is 0 Å². The van der Waals surface area contributed by atoms with Gasteiger partial charge in [0.2, 0.25) is 5.91 Å². The fourth-order valence-corrected chi connectivity index (χ4v) is 1.68. The standard InChI is InChI=1S/C9H18N2O.C6H9N.C2H6/c1-9(2)5-4-7(10-3)8(12)11-6-9;1-3-6(2)4-5-7;1-2/h7,10H,4-6H2,1-3H3,(H,11,12);3-5,7H,1H2,2H3;1-2H3/b;6-4-,7-5?;. The molecule has 1 saturated heterocycles. The van der Waals surface area contributed by atoms with Crippen LogP contribution in [0.5, 0.6) is 0 Å². The zero-order chi connectivity index (χ0) is 16.9. The maximum Gasteiger partial charge on any atom is 0.237 e. The molecule has 1 fully saturated rings. The normalized spacial score (nSPS) is 20.6. The third-order valence-corrected chi connectivity index (χ3v) is 3.18. The topological polar surface area (TPSA) is 65.0 Å². The molecule has 3 N–H and O–H groups in total. The maximum absolute atomic E-state index is 11.4. The van der Waals surface area contributed by atoms with Crippen molar-refractivity contribution in [3.63, 3.8) is 0 Å². The van der Waals surface area contributed by atoms with Gasteiger partial charge in [-0.3, -0.25) is 4.79 Å². The zero-order valence-electron chi connectivity index (χ0n) is 14.5. The van der Waals surface area contributed by atoms with E-state index < -0.39 is 0 Å². The van der Waals surface area contributed by atoms with Crippen LogP contribution >= 0.6 is 0 Å². The van der Waals surface area contributed by atoms with E-state index in [1.54, 1.807) is 12.2 Å². The molecule has 0 spiro atoms. The molecule has 0 aromatic carbocycles. The minimum absolute atomic E-state index is 0.00627. The number of likely N-dealkylation sites (N-methyl/N-ethyl adjacent to an activating group) is 1. The molecule has 1 heterocycles. The van der Waals surface area contributed by atoms with Crippen molar-refractivity contribution >= 4 is 12.1 Å². The van der Waals surface area contributed by atoms with Crippen molar-refractivity contribution in [3.05, 3.63) is 24.3 Å². The number of nitrogens with one attached hydrogen (secondary N) is 3. The Morgan fingerprint density at radius 3 is 2.43 bits per heavy atom.